The van der Waals surface area contributed by atoms with Gasteiger partial charge in [0.1, 0.15) is 11.4 Å². The monoisotopic (exact) mass is 347 g/mol. The molecule has 0 N–H and O–H groups in total. The van der Waals surface area contributed by atoms with E-state index < -0.39 is 17.9 Å². The summed E-state index contributed by atoms with van der Waals surface area (Å²) in [6.45, 7) is 4.64. The third kappa shape index (κ3) is 3.67. The van der Waals surface area contributed by atoms with Gasteiger partial charge in [-0.2, -0.15) is 0 Å². The second kappa shape index (κ2) is 7.25. The maximum absolute atomic E-state index is 13.4. The minimum atomic E-state index is -0.880. The molecule has 0 spiro atoms. The van der Waals surface area contributed by atoms with Crippen molar-refractivity contribution in [1.82, 2.24) is 4.90 Å². The zero-order valence-corrected chi connectivity index (χ0v) is 14.5. The molecule has 0 saturated carbocycles. The van der Waals surface area contributed by atoms with E-state index in [1.165, 1.54) is 18.2 Å². The number of rotatable bonds is 3. The van der Waals surface area contributed by atoms with E-state index >= 15 is 0 Å². The Labute approximate surface area is 145 Å². The van der Waals surface area contributed by atoms with Gasteiger partial charge in [-0.05, 0) is 44.9 Å². The second-order valence-electron chi connectivity index (χ2n) is 6.48. The van der Waals surface area contributed by atoms with Crippen molar-refractivity contribution in [1.29, 1.82) is 0 Å². The molecule has 0 radical (unpaired) electrons. The normalized spacial score (nSPS) is 16.5. The number of fused-ring (bicyclic) bond motifs is 1. The summed E-state index contributed by atoms with van der Waals surface area (Å²) in [5, 5.41) is 0.526. The van der Waals surface area contributed by atoms with Gasteiger partial charge in [-0.3, -0.25) is 4.79 Å². The SMILES string of the molecule is Cc1c(C(=O)O[C@@H](C)C(=O)N2CCCCCC2)oc2ccc(F)cc12. The van der Waals surface area contributed by atoms with E-state index in [4.69, 9.17) is 9.15 Å². The van der Waals surface area contributed by atoms with Gasteiger partial charge < -0.3 is 14.1 Å². The van der Waals surface area contributed by atoms with E-state index in [0.717, 1.165) is 25.7 Å². The van der Waals surface area contributed by atoms with E-state index in [9.17, 15) is 14.0 Å². The lowest BCUT2D eigenvalue weighted by molar-refractivity contribution is -0.139. The standard InChI is InChI=1S/C19H22FNO4/c1-12-15-11-14(20)7-8-16(15)25-17(12)19(23)24-13(2)18(22)21-9-5-3-4-6-10-21/h7-8,11,13H,3-6,9-10H2,1-2H3/t13-/m0/s1. The number of esters is 1. The van der Waals surface area contributed by atoms with Crippen molar-refractivity contribution in [3.8, 4) is 0 Å². The van der Waals surface area contributed by atoms with Crippen LogP contribution in [-0.2, 0) is 9.53 Å². The van der Waals surface area contributed by atoms with Crippen molar-refractivity contribution in [3.63, 3.8) is 0 Å². The number of carbonyl (C=O) groups is 2. The molecule has 2 aromatic rings. The Kier molecular flexibility index (Phi) is 5.06. The van der Waals surface area contributed by atoms with E-state index in [2.05, 4.69) is 0 Å². The van der Waals surface area contributed by atoms with Gasteiger partial charge in [-0.1, -0.05) is 12.8 Å². The molecule has 1 aliphatic heterocycles. The van der Waals surface area contributed by atoms with Gasteiger partial charge in [0.2, 0.25) is 5.76 Å². The van der Waals surface area contributed by atoms with E-state index in [0.29, 0.717) is 29.6 Å². The first-order chi connectivity index (χ1) is 12.0. The third-order valence-electron chi connectivity index (χ3n) is 4.63. The summed E-state index contributed by atoms with van der Waals surface area (Å²) in [6.07, 6.45) is 3.30. The number of nitrogens with zero attached hydrogens (tertiary/aromatic N) is 1. The molecular weight excluding hydrogens is 325 g/mol. The van der Waals surface area contributed by atoms with E-state index in [1.54, 1.807) is 18.7 Å². The number of carbonyl (C=O) groups excluding carboxylic acids is 2. The number of furan rings is 1. The maximum Gasteiger partial charge on any atom is 0.375 e. The van der Waals surface area contributed by atoms with Crippen molar-refractivity contribution in [2.75, 3.05) is 13.1 Å². The quantitative estimate of drug-likeness (QED) is 0.792. The molecule has 5 nitrogen and oxygen atoms in total. The van der Waals surface area contributed by atoms with Crippen LogP contribution in [0.2, 0.25) is 0 Å². The van der Waals surface area contributed by atoms with Crippen LogP contribution in [0, 0.1) is 12.7 Å². The summed E-state index contributed by atoms with van der Waals surface area (Å²) >= 11 is 0. The lowest BCUT2D eigenvalue weighted by atomic mass is 10.1. The minimum Gasteiger partial charge on any atom is -0.449 e. The summed E-state index contributed by atoms with van der Waals surface area (Å²) in [5.41, 5.74) is 0.922. The molecule has 2 heterocycles. The first-order valence-corrected chi connectivity index (χ1v) is 8.66. The summed E-state index contributed by atoms with van der Waals surface area (Å²) in [4.78, 5) is 26.6. The molecule has 1 aliphatic rings. The molecule has 1 fully saturated rings. The predicted molar refractivity (Wildman–Crippen MR) is 90.8 cm³/mol. The smallest absolute Gasteiger partial charge is 0.375 e. The Bertz CT molecular complexity index is 790. The second-order valence-corrected chi connectivity index (χ2v) is 6.48. The Morgan fingerprint density at radius 1 is 1.20 bits per heavy atom. The number of aryl methyl sites for hydroxylation is 1. The van der Waals surface area contributed by atoms with E-state index in [-0.39, 0.29) is 11.7 Å². The van der Waals surface area contributed by atoms with Gasteiger partial charge in [0, 0.05) is 24.0 Å². The molecule has 1 amide bonds. The fourth-order valence-electron chi connectivity index (χ4n) is 3.20. The summed E-state index contributed by atoms with van der Waals surface area (Å²) in [5.74, 6) is -1.28. The zero-order chi connectivity index (χ0) is 18.0. The number of amides is 1. The average Bonchev–Trinajstić information content (AvgIpc) is 2.78. The number of ether oxygens (including phenoxy) is 1. The van der Waals surface area contributed by atoms with Gasteiger partial charge in [-0.15, -0.1) is 0 Å². The Balaban J connectivity index is 1.73. The van der Waals surface area contributed by atoms with Crippen LogP contribution in [0.5, 0.6) is 0 Å². The molecule has 25 heavy (non-hydrogen) atoms. The molecule has 6 heteroatoms. The fourth-order valence-corrected chi connectivity index (χ4v) is 3.20. The highest BCUT2D eigenvalue weighted by atomic mass is 19.1. The molecule has 0 aliphatic carbocycles. The predicted octanol–water partition coefficient (Wildman–Crippen LogP) is 3.83. The molecule has 1 atom stereocenters. The lowest BCUT2D eigenvalue weighted by Gasteiger charge is -2.23. The Morgan fingerprint density at radius 2 is 1.88 bits per heavy atom. The van der Waals surface area contributed by atoms with Crippen LogP contribution in [-0.4, -0.2) is 36.0 Å². The number of hydrogen-bond acceptors (Lipinski definition) is 4. The van der Waals surface area contributed by atoms with Crippen molar-refractivity contribution < 1.29 is 23.1 Å². The van der Waals surface area contributed by atoms with Gasteiger partial charge in [-0.25, -0.2) is 9.18 Å². The summed E-state index contributed by atoms with van der Waals surface area (Å²) in [6, 6.07) is 4.06. The van der Waals surface area contributed by atoms with Crippen LogP contribution in [0.1, 0.15) is 48.7 Å². The van der Waals surface area contributed by atoms with Crippen LogP contribution in [0.15, 0.2) is 22.6 Å². The molecule has 134 valence electrons. The molecule has 0 unspecified atom stereocenters. The first kappa shape index (κ1) is 17.5. The van der Waals surface area contributed by atoms with Gasteiger partial charge in [0.05, 0.1) is 0 Å². The molecule has 1 aromatic heterocycles. The molecule has 3 rings (SSSR count). The molecule has 1 aromatic carbocycles. The van der Waals surface area contributed by atoms with E-state index in [1.807, 2.05) is 0 Å². The molecular formula is C19H22FNO4. The third-order valence-corrected chi connectivity index (χ3v) is 4.63. The fraction of sp³-hybridized carbons (Fsp3) is 0.474. The van der Waals surface area contributed by atoms with Crippen molar-refractivity contribution in [3.05, 3.63) is 35.3 Å². The highest BCUT2D eigenvalue weighted by molar-refractivity contribution is 5.97. The summed E-state index contributed by atoms with van der Waals surface area (Å²) in [7, 11) is 0. The van der Waals surface area contributed by atoms with Crippen molar-refractivity contribution in [2.45, 2.75) is 45.6 Å². The Morgan fingerprint density at radius 3 is 2.56 bits per heavy atom. The first-order valence-electron chi connectivity index (χ1n) is 8.66. The summed E-state index contributed by atoms with van der Waals surface area (Å²) < 4.78 is 24.2. The van der Waals surface area contributed by atoms with Crippen LogP contribution in [0.3, 0.4) is 0 Å². The van der Waals surface area contributed by atoms with Crippen LogP contribution in [0.25, 0.3) is 11.0 Å². The van der Waals surface area contributed by atoms with Crippen LogP contribution >= 0.6 is 0 Å². The number of likely N-dealkylation sites (tertiary alicyclic amines) is 1. The highest BCUT2D eigenvalue weighted by Crippen LogP contribution is 2.27. The van der Waals surface area contributed by atoms with Crippen molar-refractivity contribution in [2.24, 2.45) is 0 Å². The number of halogens is 1. The van der Waals surface area contributed by atoms with Crippen LogP contribution in [0.4, 0.5) is 4.39 Å². The number of hydrogen-bond donors (Lipinski definition) is 0. The van der Waals surface area contributed by atoms with Crippen molar-refractivity contribution >= 4 is 22.8 Å². The Hall–Kier alpha value is -2.37. The number of benzene rings is 1. The van der Waals surface area contributed by atoms with Gasteiger partial charge in [0.25, 0.3) is 5.91 Å². The maximum atomic E-state index is 13.4. The topological polar surface area (TPSA) is 59.8 Å². The molecule has 0 bridgehead atoms. The molecule has 1 saturated heterocycles. The van der Waals surface area contributed by atoms with Crippen LogP contribution < -0.4 is 0 Å². The minimum absolute atomic E-state index is 0.0103. The zero-order valence-electron chi connectivity index (χ0n) is 14.5. The highest BCUT2D eigenvalue weighted by Gasteiger charge is 2.27. The van der Waals surface area contributed by atoms with Gasteiger partial charge >= 0.3 is 5.97 Å². The largest absolute Gasteiger partial charge is 0.449 e. The average molecular weight is 347 g/mol. The lowest BCUT2D eigenvalue weighted by Crippen LogP contribution is -2.40. The van der Waals surface area contributed by atoms with Gasteiger partial charge in [0.15, 0.2) is 6.10 Å².